The van der Waals surface area contributed by atoms with Gasteiger partial charge in [0.05, 0.1) is 0 Å². The Kier molecular flexibility index (Phi) is 5.65. The van der Waals surface area contributed by atoms with E-state index in [1.165, 1.54) is 5.69 Å². The van der Waals surface area contributed by atoms with Crippen molar-refractivity contribution in [3.63, 3.8) is 0 Å². The number of para-hydroxylation sites is 1. The van der Waals surface area contributed by atoms with Crippen molar-refractivity contribution in [1.82, 2.24) is 10.0 Å². The molecular weight excluding hydrogens is 226 g/mol. The Morgan fingerprint density at radius 1 is 1.11 bits per heavy atom. The molecule has 0 spiro atoms. The van der Waals surface area contributed by atoms with Gasteiger partial charge in [-0.15, -0.1) is 0 Å². The molecule has 0 aliphatic rings. The molecule has 1 rings (SSSR count). The summed E-state index contributed by atoms with van der Waals surface area (Å²) in [4.78, 5) is 14.1. The molecule has 100 valence electrons. The lowest BCUT2D eigenvalue weighted by Gasteiger charge is -2.27. The molecule has 0 aromatic heterocycles. The molecule has 0 aliphatic carbocycles. The number of hydrazine groups is 1. The molecule has 4 nitrogen and oxygen atoms in total. The quantitative estimate of drug-likeness (QED) is 0.720. The smallest absolute Gasteiger partial charge is 0.238 e. The summed E-state index contributed by atoms with van der Waals surface area (Å²) in [6.45, 7) is 3.76. The predicted octanol–water partition coefficient (Wildman–Crippen LogP) is 1.84. The molecule has 0 bridgehead atoms. The van der Waals surface area contributed by atoms with Gasteiger partial charge in [-0.2, -0.15) is 0 Å². The first kappa shape index (κ1) is 14.5. The van der Waals surface area contributed by atoms with Gasteiger partial charge < -0.3 is 4.90 Å². The number of carbonyl (C=O) groups is 1. The van der Waals surface area contributed by atoms with Crippen LogP contribution in [-0.4, -0.2) is 50.2 Å². The zero-order valence-corrected chi connectivity index (χ0v) is 11.8. The van der Waals surface area contributed by atoms with Crippen molar-refractivity contribution in [3.05, 3.63) is 30.3 Å². The summed E-state index contributed by atoms with van der Waals surface area (Å²) < 4.78 is 0. The molecule has 0 saturated carbocycles. The fourth-order valence-electron chi connectivity index (χ4n) is 1.72. The lowest BCUT2D eigenvalue weighted by atomic mass is 10.2. The average Bonchev–Trinajstić information content (AvgIpc) is 2.39. The zero-order valence-electron chi connectivity index (χ0n) is 11.8. The molecule has 1 aromatic carbocycles. The van der Waals surface area contributed by atoms with Gasteiger partial charge >= 0.3 is 0 Å². The van der Waals surface area contributed by atoms with Crippen molar-refractivity contribution < 1.29 is 4.79 Å². The minimum absolute atomic E-state index is 0.134. The number of hydrogen-bond acceptors (Lipinski definition) is 3. The molecule has 0 saturated heterocycles. The van der Waals surface area contributed by atoms with Crippen molar-refractivity contribution in [2.24, 2.45) is 0 Å². The molecule has 0 radical (unpaired) electrons. The van der Waals surface area contributed by atoms with Crippen LogP contribution in [0, 0.1) is 0 Å². The minimum atomic E-state index is 0.134. The number of carbonyl (C=O) groups excluding carboxylic acids is 1. The normalized spacial score (nSPS) is 10.5. The SMILES string of the molecule is CCN(CCC(=O)N(C)N(C)C)c1ccccc1. The van der Waals surface area contributed by atoms with Gasteiger partial charge in [0.25, 0.3) is 0 Å². The second-order valence-electron chi connectivity index (χ2n) is 4.43. The number of amides is 1. The Labute approximate surface area is 110 Å². The third kappa shape index (κ3) is 4.04. The van der Waals surface area contributed by atoms with E-state index in [1.807, 2.05) is 32.3 Å². The van der Waals surface area contributed by atoms with Crippen LogP contribution in [0.4, 0.5) is 5.69 Å². The Bertz CT molecular complexity index is 365. The van der Waals surface area contributed by atoms with Gasteiger partial charge in [-0.1, -0.05) is 18.2 Å². The maximum Gasteiger partial charge on any atom is 0.238 e. The van der Waals surface area contributed by atoms with Crippen molar-refractivity contribution in [2.75, 3.05) is 39.1 Å². The number of anilines is 1. The number of hydrogen-bond donors (Lipinski definition) is 0. The van der Waals surface area contributed by atoms with Gasteiger partial charge in [0.2, 0.25) is 5.91 Å². The summed E-state index contributed by atoms with van der Waals surface area (Å²) in [7, 11) is 5.53. The Morgan fingerprint density at radius 2 is 1.72 bits per heavy atom. The fourth-order valence-corrected chi connectivity index (χ4v) is 1.72. The second-order valence-corrected chi connectivity index (χ2v) is 4.43. The summed E-state index contributed by atoms with van der Waals surface area (Å²) in [6.07, 6.45) is 0.525. The number of rotatable bonds is 6. The summed E-state index contributed by atoms with van der Waals surface area (Å²) in [5.41, 5.74) is 1.17. The van der Waals surface area contributed by atoms with E-state index >= 15 is 0 Å². The van der Waals surface area contributed by atoms with E-state index in [1.54, 1.807) is 17.1 Å². The van der Waals surface area contributed by atoms with Crippen LogP contribution >= 0.6 is 0 Å². The van der Waals surface area contributed by atoms with Crippen molar-refractivity contribution in [2.45, 2.75) is 13.3 Å². The van der Waals surface area contributed by atoms with Gasteiger partial charge in [-0.05, 0) is 19.1 Å². The van der Waals surface area contributed by atoms with E-state index in [-0.39, 0.29) is 5.91 Å². The van der Waals surface area contributed by atoms with Gasteiger partial charge in [-0.25, -0.2) is 5.01 Å². The van der Waals surface area contributed by atoms with Gasteiger partial charge in [-0.3, -0.25) is 9.80 Å². The van der Waals surface area contributed by atoms with E-state index in [4.69, 9.17) is 0 Å². The first-order chi connectivity index (χ1) is 8.56. The third-order valence-corrected chi connectivity index (χ3v) is 3.06. The second kappa shape index (κ2) is 7.01. The first-order valence-corrected chi connectivity index (χ1v) is 6.30. The molecule has 0 unspecified atom stereocenters. The van der Waals surface area contributed by atoms with E-state index in [0.717, 1.165) is 13.1 Å². The summed E-state index contributed by atoms with van der Waals surface area (Å²) >= 11 is 0. The molecule has 0 fully saturated rings. The Hall–Kier alpha value is -1.55. The summed E-state index contributed by atoms with van der Waals surface area (Å²) in [5, 5.41) is 3.43. The van der Waals surface area contributed by atoms with Crippen molar-refractivity contribution in [3.8, 4) is 0 Å². The van der Waals surface area contributed by atoms with Crippen molar-refractivity contribution >= 4 is 11.6 Å². The molecule has 4 heteroatoms. The Morgan fingerprint density at radius 3 is 2.22 bits per heavy atom. The van der Waals surface area contributed by atoms with E-state index < -0.39 is 0 Å². The lowest BCUT2D eigenvalue weighted by molar-refractivity contribution is -0.141. The summed E-state index contributed by atoms with van der Waals surface area (Å²) in [6, 6.07) is 10.2. The molecule has 1 aromatic rings. The zero-order chi connectivity index (χ0) is 13.5. The van der Waals surface area contributed by atoms with E-state index in [2.05, 4.69) is 24.0 Å². The van der Waals surface area contributed by atoms with Gasteiger partial charge in [0.1, 0.15) is 0 Å². The highest BCUT2D eigenvalue weighted by Crippen LogP contribution is 2.13. The molecule has 0 aliphatic heterocycles. The highest BCUT2D eigenvalue weighted by Gasteiger charge is 2.12. The van der Waals surface area contributed by atoms with Crippen LogP contribution in [0.1, 0.15) is 13.3 Å². The van der Waals surface area contributed by atoms with Crippen LogP contribution in [0.5, 0.6) is 0 Å². The van der Waals surface area contributed by atoms with Crippen LogP contribution < -0.4 is 4.90 Å². The standard InChI is InChI=1S/C14H23N3O/c1-5-17(13-9-7-6-8-10-13)12-11-14(18)16(4)15(2)3/h6-10H,5,11-12H2,1-4H3. The minimum Gasteiger partial charge on any atom is -0.371 e. The number of benzene rings is 1. The highest BCUT2D eigenvalue weighted by atomic mass is 16.2. The molecule has 0 N–H and O–H groups in total. The van der Waals surface area contributed by atoms with Crippen LogP contribution in [0.3, 0.4) is 0 Å². The van der Waals surface area contributed by atoms with E-state index in [9.17, 15) is 4.79 Å². The van der Waals surface area contributed by atoms with E-state index in [0.29, 0.717) is 6.42 Å². The first-order valence-electron chi connectivity index (χ1n) is 6.30. The fraction of sp³-hybridized carbons (Fsp3) is 0.500. The highest BCUT2D eigenvalue weighted by molar-refractivity contribution is 5.76. The molecule has 1 amide bonds. The van der Waals surface area contributed by atoms with Gasteiger partial charge in [0, 0.05) is 46.3 Å². The topological polar surface area (TPSA) is 26.8 Å². The average molecular weight is 249 g/mol. The third-order valence-electron chi connectivity index (χ3n) is 3.06. The van der Waals surface area contributed by atoms with Crippen LogP contribution in [0.15, 0.2) is 30.3 Å². The largest absolute Gasteiger partial charge is 0.371 e. The lowest BCUT2D eigenvalue weighted by Crippen LogP contribution is -2.40. The maximum absolute atomic E-state index is 11.9. The van der Waals surface area contributed by atoms with Gasteiger partial charge in [0.15, 0.2) is 0 Å². The van der Waals surface area contributed by atoms with Crippen LogP contribution in [-0.2, 0) is 4.79 Å². The predicted molar refractivity (Wildman–Crippen MR) is 75.4 cm³/mol. The monoisotopic (exact) mass is 249 g/mol. The van der Waals surface area contributed by atoms with Crippen LogP contribution in [0.25, 0.3) is 0 Å². The molecule has 0 heterocycles. The summed E-state index contributed by atoms with van der Waals surface area (Å²) in [5.74, 6) is 0.134. The molecular formula is C14H23N3O. The van der Waals surface area contributed by atoms with Crippen LogP contribution in [0.2, 0.25) is 0 Å². The maximum atomic E-state index is 11.9. The molecule has 0 atom stereocenters. The Balaban J connectivity index is 2.53. The van der Waals surface area contributed by atoms with Crippen molar-refractivity contribution in [1.29, 1.82) is 0 Å². The molecule has 18 heavy (non-hydrogen) atoms. The number of nitrogens with zero attached hydrogens (tertiary/aromatic N) is 3.